The largest absolute Gasteiger partial charge is 0.383 e. The van der Waals surface area contributed by atoms with Crippen LogP contribution in [0.1, 0.15) is 23.0 Å². The Kier molecular flexibility index (Phi) is 5.96. The van der Waals surface area contributed by atoms with Gasteiger partial charge in [0.2, 0.25) is 0 Å². The molecule has 0 radical (unpaired) electrons. The van der Waals surface area contributed by atoms with Crippen molar-refractivity contribution in [1.82, 2.24) is 24.7 Å². The molecule has 0 fully saturated rings. The van der Waals surface area contributed by atoms with Crippen molar-refractivity contribution in [2.45, 2.75) is 30.8 Å². The molecule has 1 unspecified atom stereocenters. The number of fused-ring (bicyclic) bond motifs is 1. The quantitative estimate of drug-likeness (QED) is 0.340. The molecule has 0 saturated heterocycles. The number of ether oxygens (including phenoxy) is 1. The monoisotopic (exact) mass is 421 g/mol. The van der Waals surface area contributed by atoms with Crippen molar-refractivity contribution in [2.24, 2.45) is 0 Å². The number of nitrogens with one attached hydrogen (secondary N) is 1. The number of rotatable bonds is 8. The molecule has 154 valence electrons. The van der Waals surface area contributed by atoms with Gasteiger partial charge >= 0.3 is 0 Å². The maximum atomic E-state index is 13.3. The Morgan fingerprint density at radius 1 is 1.20 bits per heavy atom. The zero-order valence-electron chi connectivity index (χ0n) is 17.1. The van der Waals surface area contributed by atoms with Crippen LogP contribution in [0, 0.1) is 6.92 Å². The van der Waals surface area contributed by atoms with E-state index in [-0.39, 0.29) is 11.0 Å². The highest BCUT2D eigenvalue weighted by Crippen LogP contribution is 2.31. The number of carbonyl (C=O) groups is 1. The fourth-order valence-electron chi connectivity index (χ4n) is 3.48. The summed E-state index contributed by atoms with van der Waals surface area (Å²) in [6.45, 7) is 4.97. The van der Waals surface area contributed by atoms with Gasteiger partial charge in [-0.1, -0.05) is 30.0 Å². The van der Waals surface area contributed by atoms with Gasteiger partial charge in [-0.3, -0.25) is 14.3 Å². The molecule has 0 aliphatic rings. The van der Waals surface area contributed by atoms with Gasteiger partial charge in [-0.25, -0.2) is 0 Å². The van der Waals surface area contributed by atoms with Gasteiger partial charge in [0.05, 0.1) is 18.4 Å². The highest BCUT2D eigenvalue weighted by Gasteiger charge is 2.25. The summed E-state index contributed by atoms with van der Waals surface area (Å²) in [6, 6.07) is 11.7. The zero-order chi connectivity index (χ0) is 21.1. The van der Waals surface area contributed by atoms with Gasteiger partial charge in [-0.15, -0.1) is 10.2 Å². The first kappa shape index (κ1) is 20.3. The number of aromatic amines is 1. The number of thioether (sulfide) groups is 1. The summed E-state index contributed by atoms with van der Waals surface area (Å²) in [5.41, 5.74) is 3.51. The molecule has 7 nitrogen and oxygen atoms in total. The molecule has 3 heterocycles. The van der Waals surface area contributed by atoms with Gasteiger partial charge < -0.3 is 9.72 Å². The smallest absolute Gasteiger partial charge is 0.192 e. The summed E-state index contributed by atoms with van der Waals surface area (Å²) in [4.78, 5) is 20.7. The number of aryl methyl sites for hydroxylation is 1. The second-order valence-electron chi connectivity index (χ2n) is 6.98. The van der Waals surface area contributed by atoms with Crippen molar-refractivity contribution in [3.8, 4) is 11.4 Å². The van der Waals surface area contributed by atoms with Crippen LogP contribution >= 0.6 is 11.8 Å². The number of Topliss-reactive ketones (excluding diaryl/α,β-unsaturated/α-hetero) is 1. The van der Waals surface area contributed by atoms with Crippen LogP contribution in [0.15, 0.2) is 53.9 Å². The standard InChI is InChI=1S/C22H23N5O2S/c1-14-19(17-6-4-5-7-18(17)24-14)20(28)15(2)30-22-26-25-21(27(22)12-13-29-3)16-8-10-23-11-9-16/h4-11,15,24H,12-13H2,1-3H3. The highest BCUT2D eigenvalue weighted by molar-refractivity contribution is 8.00. The lowest BCUT2D eigenvalue weighted by molar-refractivity contribution is 0.0995. The zero-order valence-corrected chi connectivity index (χ0v) is 17.9. The van der Waals surface area contributed by atoms with Gasteiger partial charge in [-0.05, 0) is 32.0 Å². The molecule has 0 spiro atoms. The van der Waals surface area contributed by atoms with Crippen LogP contribution in [0.4, 0.5) is 0 Å². The predicted molar refractivity (Wildman–Crippen MR) is 118 cm³/mol. The molecule has 1 aromatic carbocycles. The third-order valence-corrected chi connectivity index (χ3v) is 6.05. The van der Waals surface area contributed by atoms with Crippen molar-refractivity contribution < 1.29 is 9.53 Å². The first-order valence-corrected chi connectivity index (χ1v) is 10.6. The minimum absolute atomic E-state index is 0.0710. The first-order valence-electron chi connectivity index (χ1n) is 9.71. The Morgan fingerprint density at radius 3 is 2.73 bits per heavy atom. The van der Waals surface area contributed by atoms with E-state index in [1.807, 2.05) is 54.8 Å². The minimum Gasteiger partial charge on any atom is -0.383 e. The fraction of sp³-hybridized carbons (Fsp3) is 0.273. The molecule has 1 N–H and O–H groups in total. The van der Waals surface area contributed by atoms with Crippen molar-refractivity contribution in [3.05, 3.63) is 60.0 Å². The second kappa shape index (κ2) is 8.81. The summed E-state index contributed by atoms with van der Waals surface area (Å²) in [7, 11) is 1.66. The van der Waals surface area contributed by atoms with E-state index < -0.39 is 0 Å². The maximum absolute atomic E-state index is 13.3. The average Bonchev–Trinajstić information content (AvgIpc) is 3.31. The van der Waals surface area contributed by atoms with Crippen LogP contribution in [0.3, 0.4) is 0 Å². The lowest BCUT2D eigenvalue weighted by Gasteiger charge is -2.13. The highest BCUT2D eigenvalue weighted by atomic mass is 32.2. The lowest BCUT2D eigenvalue weighted by atomic mass is 10.1. The third-order valence-electron chi connectivity index (χ3n) is 4.97. The molecule has 0 aliphatic carbocycles. The maximum Gasteiger partial charge on any atom is 0.192 e. The topological polar surface area (TPSA) is 85.7 Å². The van der Waals surface area contributed by atoms with E-state index in [1.165, 1.54) is 11.8 Å². The van der Waals surface area contributed by atoms with Crippen molar-refractivity contribution in [2.75, 3.05) is 13.7 Å². The van der Waals surface area contributed by atoms with Crippen LogP contribution < -0.4 is 0 Å². The number of pyridine rings is 1. The minimum atomic E-state index is -0.321. The fourth-order valence-corrected chi connectivity index (χ4v) is 4.42. The van der Waals surface area contributed by atoms with E-state index in [2.05, 4.69) is 20.2 Å². The summed E-state index contributed by atoms with van der Waals surface area (Å²) in [5.74, 6) is 0.807. The Labute approximate surface area is 178 Å². The number of H-pyrrole nitrogens is 1. The molecule has 1 atom stereocenters. The van der Waals surface area contributed by atoms with E-state index in [4.69, 9.17) is 4.74 Å². The summed E-state index contributed by atoms with van der Waals surface area (Å²) >= 11 is 1.41. The third kappa shape index (κ3) is 3.88. The molecule has 4 rings (SSSR count). The Hall–Kier alpha value is -2.97. The SMILES string of the molecule is COCCn1c(SC(C)C(=O)c2c(C)[nH]c3ccccc23)nnc1-c1ccncc1. The summed E-state index contributed by atoms with van der Waals surface area (Å²) < 4.78 is 7.26. The normalized spacial score (nSPS) is 12.4. The molecule has 0 bridgehead atoms. The van der Waals surface area contributed by atoms with Gasteiger partial charge in [0.25, 0.3) is 0 Å². The number of benzene rings is 1. The molecular weight excluding hydrogens is 398 g/mol. The van der Waals surface area contributed by atoms with Gasteiger partial charge in [0.1, 0.15) is 0 Å². The molecule has 0 aliphatic heterocycles. The molecule has 0 amide bonds. The predicted octanol–water partition coefficient (Wildman–Crippen LogP) is 4.14. The first-order chi connectivity index (χ1) is 14.6. The second-order valence-corrected chi connectivity index (χ2v) is 8.29. The van der Waals surface area contributed by atoms with E-state index in [1.54, 1.807) is 19.5 Å². The van der Waals surface area contributed by atoms with E-state index in [9.17, 15) is 4.79 Å². The molecule has 30 heavy (non-hydrogen) atoms. The molecule has 0 saturated carbocycles. The van der Waals surface area contributed by atoms with Crippen molar-refractivity contribution in [1.29, 1.82) is 0 Å². The van der Waals surface area contributed by atoms with Crippen LogP contribution in [-0.2, 0) is 11.3 Å². The van der Waals surface area contributed by atoms with Crippen LogP contribution in [0.2, 0.25) is 0 Å². The lowest BCUT2D eigenvalue weighted by Crippen LogP contribution is -2.16. The number of aromatic nitrogens is 5. The number of methoxy groups -OCH3 is 1. The van der Waals surface area contributed by atoms with E-state index >= 15 is 0 Å². The summed E-state index contributed by atoms with van der Waals surface area (Å²) in [5, 5.41) is 10.1. The van der Waals surface area contributed by atoms with Crippen LogP contribution in [0.25, 0.3) is 22.3 Å². The van der Waals surface area contributed by atoms with Gasteiger partial charge in [0.15, 0.2) is 16.8 Å². The molecule has 4 aromatic rings. The number of para-hydroxylation sites is 1. The molecular formula is C22H23N5O2S. The number of carbonyl (C=O) groups excluding carboxylic acids is 1. The summed E-state index contributed by atoms with van der Waals surface area (Å²) in [6.07, 6.45) is 3.45. The van der Waals surface area contributed by atoms with Crippen LogP contribution in [0.5, 0.6) is 0 Å². The molecule has 8 heteroatoms. The van der Waals surface area contributed by atoms with E-state index in [0.717, 1.165) is 33.5 Å². The van der Waals surface area contributed by atoms with Crippen LogP contribution in [-0.4, -0.2) is 49.5 Å². The number of hydrogen-bond acceptors (Lipinski definition) is 6. The van der Waals surface area contributed by atoms with Crippen molar-refractivity contribution in [3.63, 3.8) is 0 Å². The van der Waals surface area contributed by atoms with Crippen molar-refractivity contribution >= 4 is 28.4 Å². The molecule has 3 aromatic heterocycles. The average molecular weight is 422 g/mol. The number of nitrogens with zero attached hydrogens (tertiary/aromatic N) is 4. The Balaban J connectivity index is 1.64. The Bertz CT molecular complexity index is 1170. The number of ketones is 1. The number of hydrogen-bond donors (Lipinski definition) is 1. The van der Waals surface area contributed by atoms with Gasteiger partial charge in [0, 0.05) is 47.2 Å². The van der Waals surface area contributed by atoms with Gasteiger partial charge in [-0.2, -0.15) is 0 Å². The van der Waals surface area contributed by atoms with E-state index in [0.29, 0.717) is 18.3 Å². The Morgan fingerprint density at radius 2 is 1.97 bits per heavy atom.